The molecular weight excluding hydrogens is 283 g/mol. The maximum Gasteiger partial charge on any atom is 0.141 e. The lowest BCUT2D eigenvalue weighted by molar-refractivity contribution is 0.158. The predicted molar refractivity (Wildman–Crippen MR) is 80.8 cm³/mol. The maximum absolute atomic E-state index is 13.1. The van der Waals surface area contributed by atoms with E-state index >= 15 is 0 Å². The van der Waals surface area contributed by atoms with Crippen LogP contribution in [-0.4, -0.2) is 23.0 Å². The quantitative estimate of drug-likeness (QED) is 0.868. The number of piperidine rings is 1. The summed E-state index contributed by atoms with van der Waals surface area (Å²) in [4.78, 5) is 2.93. The maximum atomic E-state index is 13.1. The van der Waals surface area contributed by atoms with Crippen molar-refractivity contribution in [2.45, 2.75) is 26.3 Å². The van der Waals surface area contributed by atoms with E-state index in [4.69, 9.17) is 29.6 Å². The summed E-state index contributed by atoms with van der Waals surface area (Å²) >= 11 is 10.9. The van der Waals surface area contributed by atoms with E-state index in [0.29, 0.717) is 4.99 Å². The molecule has 1 saturated heterocycles. The van der Waals surface area contributed by atoms with Crippen LogP contribution in [0.15, 0.2) is 18.2 Å². The highest BCUT2D eigenvalue weighted by molar-refractivity contribution is 7.80. The smallest absolute Gasteiger partial charge is 0.141 e. The molecule has 0 unspecified atom stereocenters. The van der Waals surface area contributed by atoms with Crippen LogP contribution in [0.25, 0.3) is 0 Å². The average Bonchev–Trinajstić information content (AvgIpc) is 2.37. The summed E-state index contributed by atoms with van der Waals surface area (Å²) in [5.41, 5.74) is 6.80. The fourth-order valence-corrected chi connectivity index (χ4v) is 2.75. The van der Waals surface area contributed by atoms with Crippen molar-refractivity contribution in [2.75, 3.05) is 13.1 Å². The molecule has 1 aromatic carbocycles. The highest BCUT2D eigenvalue weighted by atomic mass is 35.5. The van der Waals surface area contributed by atoms with E-state index in [1.807, 2.05) is 0 Å². The molecular formula is C14H18ClFN2S. The van der Waals surface area contributed by atoms with Gasteiger partial charge in [-0.05, 0) is 43.6 Å². The molecule has 0 saturated carbocycles. The fourth-order valence-electron chi connectivity index (χ4n) is 2.35. The van der Waals surface area contributed by atoms with E-state index in [9.17, 15) is 4.39 Å². The lowest BCUT2D eigenvalue weighted by Crippen LogP contribution is -2.44. The molecule has 1 aliphatic rings. The van der Waals surface area contributed by atoms with Crippen molar-refractivity contribution in [1.82, 2.24) is 4.90 Å². The van der Waals surface area contributed by atoms with Crippen LogP contribution in [0, 0.1) is 11.2 Å². The van der Waals surface area contributed by atoms with Crippen LogP contribution in [0.4, 0.5) is 4.39 Å². The molecule has 1 aliphatic heterocycles. The Morgan fingerprint density at radius 2 is 2.11 bits per heavy atom. The summed E-state index contributed by atoms with van der Waals surface area (Å²) in [6.45, 7) is 4.81. The summed E-state index contributed by atoms with van der Waals surface area (Å²) in [5, 5.41) is 0.183. The minimum Gasteiger partial charge on any atom is -0.393 e. The van der Waals surface area contributed by atoms with Crippen molar-refractivity contribution < 1.29 is 4.39 Å². The van der Waals surface area contributed by atoms with Gasteiger partial charge in [0.1, 0.15) is 5.82 Å². The third-order valence-corrected chi connectivity index (χ3v) is 4.73. The Labute approximate surface area is 123 Å². The van der Waals surface area contributed by atoms with Gasteiger partial charge in [0.15, 0.2) is 0 Å². The molecule has 5 heteroatoms. The molecule has 0 aromatic heterocycles. The molecule has 0 atom stereocenters. The normalized spacial score (nSPS) is 19.3. The Balaban J connectivity index is 1.95. The lowest BCUT2D eigenvalue weighted by atomic mass is 9.80. The van der Waals surface area contributed by atoms with Crippen molar-refractivity contribution in [2.24, 2.45) is 11.1 Å². The molecule has 0 bridgehead atoms. The zero-order valence-corrected chi connectivity index (χ0v) is 12.5. The zero-order chi connectivity index (χ0) is 14.0. The summed E-state index contributed by atoms with van der Waals surface area (Å²) in [6, 6.07) is 4.89. The Bertz CT molecular complexity index is 484. The van der Waals surface area contributed by atoms with Crippen LogP contribution in [0.2, 0.25) is 5.02 Å². The Kier molecular flexibility index (Phi) is 4.43. The average molecular weight is 301 g/mol. The molecule has 2 rings (SSSR count). The van der Waals surface area contributed by atoms with Crippen molar-refractivity contribution in [3.05, 3.63) is 34.6 Å². The number of benzene rings is 1. The first kappa shape index (κ1) is 14.7. The summed E-state index contributed by atoms with van der Waals surface area (Å²) in [6.07, 6.45) is 1.94. The molecule has 0 spiro atoms. The number of rotatable bonds is 3. The summed E-state index contributed by atoms with van der Waals surface area (Å²) in [5.74, 6) is -0.370. The van der Waals surface area contributed by atoms with Crippen molar-refractivity contribution in [3.63, 3.8) is 0 Å². The number of likely N-dealkylation sites (tertiary alicyclic amines) is 1. The second kappa shape index (κ2) is 5.73. The summed E-state index contributed by atoms with van der Waals surface area (Å²) < 4.78 is 13.1. The van der Waals surface area contributed by atoms with Gasteiger partial charge in [0, 0.05) is 12.0 Å². The molecule has 1 fully saturated rings. The van der Waals surface area contributed by atoms with Gasteiger partial charge in [-0.15, -0.1) is 0 Å². The molecule has 104 valence electrons. The van der Waals surface area contributed by atoms with Crippen LogP contribution in [0.3, 0.4) is 0 Å². The molecule has 0 radical (unpaired) electrons. The molecule has 2 nitrogen and oxygen atoms in total. The van der Waals surface area contributed by atoms with Crippen LogP contribution >= 0.6 is 23.8 Å². The second-order valence-electron chi connectivity index (χ2n) is 5.45. The van der Waals surface area contributed by atoms with E-state index in [1.165, 1.54) is 6.07 Å². The van der Waals surface area contributed by atoms with Crippen LogP contribution in [-0.2, 0) is 6.54 Å². The first-order chi connectivity index (χ1) is 8.90. The number of thiocarbonyl (C=S) groups is 1. The third kappa shape index (κ3) is 3.44. The van der Waals surface area contributed by atoms with Crippen LogP contribution in [0.1, 0.15) is 25.3 Å². The minimum absolute atomic E-state index is 0.0216. The predicted octanol–water partition coefficient (Wildman–Crippen LogP) is 3.37. The topological polar surface area (TPSA) is 29.3 Å². The van der Waals surface area contributed by atoms with Crippen molar-refractivity contribution >= 4 is 28.8 Å². The Morgan fingerprint density at radius 3 is 2.63 bits per heavy atom. The number of nitrogens with zero attached hydrogens (tertiary/aromatic N) is 1. The largest absolute Gasteiger partial charge is 0.393 e. The third-order valence-electron chi connectivity index (χ3n) is 3.94. The van der Waals surface area contributed by atoms with Crippen LogP contribution < -0.4 is 5.73 Å². The molecule has 1 aromatic rings. The monoisotopic (exact) mass is 300 g/mol. The molecule has 19 heavy (non-hydrogen) atoms. The van der Waals surface area contributed by atoms with E-state index in [-0.39, 0.29) is 16.3 Å². The van der Waals surface area contributed by atoms with Gasteiger partial charge in [0.2, 0.25) is 0 Å². The standard InChI is InChI=1S/C14H18ClFN2S/c1-14(13(17)19)4-6-18(7-5-14)9-10-2-3-12(16)11(15)8-10/h2-3,8H,4-7,9H2,1H3,(H2,17,19). The Morgan fingerprint density at radius 1 is 1.47 bits per heavy atom. The van der Waals surface area contributed by atoms with E-state index in [1.54, 1.807) is 12.1 Å². The van der Waals surface area contributed by atoms with Gasteiger partial charge in [-0.25, -0.2) is 4.39 Å². The molecule has 0 amide bonds. The van der Waals surface area contributed by atoms with Gasteiger partial charge < -0.3 is 5.73 Å². The second-order valence-corrected chi connectivity index (χ2v) is 6.30. The van der Waals surface area contributed by atoms with E-state index in [2.05, 4.69) is 11.8 Å². The zero-order valence-electron chi connectivity index (χ0n) is 11.0. The van der Waals surface area contributed by atoms with E-state index < -0.39 is 0 Å². The lowest BCUT2D eigenvalue weighted by Gasteiger charge is -2.38. The number of nitrogens with two attached hydrogens (primary N) is 1. The van der Waals surface area contributed by atoms with Gasteiger partial charge in [-0.2, -0.15) is 0 Å². The first-order valence-electron chi connectivity index (χ1n) is 6.37. The highest BCUT2D eigenvalue weighted by Gasteiger charge is 2.32. The van der Waals surface area contributed by atoms with Gasteiger partial charge in [-0.3, -0.25) is 4.90 Å². The highest BCUT2D eigenvalue weighted by Crippen LogP contribution is 2.31. The molecule has 0 aliphatic carbocycles. The molecule has 2 N–H and O–H groups in total. The summed E-state index contributed by atoms with van der Waals surface area (Å²) in [7, 11) is 0. The van der Waals surface area contributed by atoms with Crippen molar-refractivity contribution in [3.8, 4) is 0 Å². The van der Waals surface area contributed by atoms with Gasteiger partial charge in [0.25, 0.3) is 0 Å². The van der Waals surface area contributed by atoms with Gasteiger partial charge in [0.05, 0.1) is 10.0 Å². The fraction of sp³-hybridized carbons (Fsp3) is 0.500. The Hall–Kier alpha value is -0.710. The number of hydrogen-bond acceptors (Lipinski definition) is 2. The SMILES string of the molecule is CC1(C(N)=S)CCN(Cc2ccc(F)c(Cl)c2)CC1. The number of hydrogen-bond donors (Lipinski definition) is 1. The van der Waals surface area contributed by atoms with E-state index in [0.717, 1.165) is 38.0 Å². The minimum atomic E-state index is -0.370. The van der Waals surface area contributed by atoms with Gasteiger partial charge >= 0.3 is 0 Å². The van der Waals surface area contributed by atoms with Gasteiger partial charge in [-0.1, -0.05) is 36.8 Å². The number of halogens is 2. The molecule has 1 heterocycles. The van der Waals surface area contributed by atoms with Crippen LogP contribution in [0.5, 0.6) is 0 Å². The van der Waals surface area contributed by atoms with Crippen molar-refractivity contribution in [1.29, 1.82) is 0 Å². The first-order valence-corrected chi connectivity index (χ1v) is 7.15.